The molecule has 0 atom stereocenters. The molecular formula is C26H55N3O. The Morgan fingerprint density at radius 2 is 1.50 bits per heavy atom. The molecule has 180 valence electrons. The van der Waals surface area contributed by atoms with Gasteiger partial charge in [0, 0.05) is 39.9 Å². The zero-order valence-corrected chi connectivity index (χ0v) is 22.1. The minimum atomic E-state index is 0. The summed E-state index contributed by atoms with van der Waals surface area (Å²) in [6.45, 7) is 21.4. The van der Waals surface area contributed by atoms with E-state index in [9.17, 15) is 4.79 Å². The molecule has 1 aromatic rings. The number of hydrogen-bond donors (Lipinski definition) is 1. The maximum atomic E-state index is 11.5. The van der Waals surface area contributed by atoms with Gasteiger partial charge in [-0.2, -0.15) is 0 Å². The minimum absolute atomic E-state index is 0. The molecule has 0 bridgehead atoms. The summed E-state index contributed by atoms with van der Waals surface area (Å²) in [5.41, 5.74) is 2.66. The van der Waals surface area contributed by atoms with E-state index < -0.39 is 0 Å². The fraction of sp³-hybridized carbons (Fsp3) is 0.731. The number of Topliss-reactive ketones (excluding diaryl/α,β-unsaturated/α-hetero) is 1. The van der Waals surface area contributed by atoms with Gasteiger partial charge in [0.2, 0.25) is 0 Å². The molecule has 0 saturated heterocycles. The fourth-order valence-corrected chi connectivity index (χ4v) is 2.24. The number of hydrogen-bond acceptors (Lipinski definition) is 4. The van der Waals surface area contributed by atoms with Gasteiger partial charge < -0.3 is 15.1 Å². The molecule has 0 aliphatic carbocycles. The van der Waals surface area contributed by atoms with Crippen LogP contribution in [0.2, 0.25) is 0 Å². The molecule has 4 heteroatoms. The summed E-state index contributed by atoms with van der Waals surface area (Å²) < 4.78 is 0. The maximum absolute atomic E-state index is 11.5. The van der Waals surface area contributed by atoms with Crippen LogP contribution in [0.5, 0.6) is 0 Å². The van der Waals surface area contributed by atoms with Gasteiger partial charge in [0.05, 0.1) is 0 Å². The van der Waals surface area contributed by atoms with Gasteiger partial charge in [0.15, 0.2) is 0 Å². The highest BCUT2D eigenvalue weighted by Crippen LogP contribution is 2.02. The highest BCUT2D eigenvalue weighted by atomic mass is 16.1. The van der Waals surface area contributed by atoms with Crippen LogP contribution in [-0.4, -0.2) is 62.9 Å². The first-order chi connectivity index (χ1) is 14.2. The molecule has 0 unspecified atom stereocenters. The maximum Gasteiger partial charge on any atom is 0.136 e. The standard InChI is InChI=1S/C12H26N2O.C9H13N.C3H8.C2H6.H2/c1-6-14(10-9-13(4)5)8-7-12(15)11(2)3;1-8-3-5-9(6-4-8)7-10-2;1-3-2;1-2;/h11H,6-10H2,1-5H3;3-6,10H,7H2,1-2H3;3H2,1-2H3;1-2H3;1H. The van der Waals surface area contributed by atoms with Gasteiger partial charge in [0.1, 0.15) is 5.78 Å². The summed E-state index contributed by atoms with van der Waals surface area (Å²) in [5.74, 6) is 0.552. The third-order valence-corrected chi connectivity index (χ3v) is 4.13. The predicted molar refractivity (Wildman–Crippen MR) is 138 cm³/mol. The Morgan fingerprint density at radius 1 is 1.00 bits per heavy atom. The molecule has 1 N–H and O–H groups in total. The van der Waals surface area contributed by atoms with Crippen molar-refractivity contribution in [1.82, 2.24) is 15.1 Å². The molecule has 0 amide bonds. The number of likely N-dealkylation sites (N-methyl/N-ethyl adjacent to an activating group) is 2. The number of carbonyl (C=O) groups excluding carboxylic acids is 1. The molecule has 0 spiro atoms. The van der Waals surface area contributed by atoms with Crippen LogP contribution in [-0.2, 0) is 11.3 Å². The molecule has 0 fully saturated rings. The first-order valence-electron chi connectivity index (χ1n) is 11.8. The van der Waals surface area contributed by atoms with Crippen molar-refractivity contribution in [2.45, 2.75) is 74.8 Å². The van der Waals surface area contributed by atoms with E-state index in [1.54, 1.807) is 0 Å². The van der Waals surface area contributed by atoms with Crippen LogP contribution in [0.1, 0.15) is 73.9 Å². The topological polar surface area (TPSA) is 35.6 Å². The Hall–Kier alpha value is -1.23. The van der Waals surface area contributed by atoms with E-state index in [2.05, 4.69) is 81.2 Å². The predicted octanol–water partition coefficient (Wildman–Crippen LogP) is 5.89. The summed E-state index contributed by atoms with van der Waals surface area (Å²) >= 11 is 0. The number of rotatable bonds is 10. The largest absolute Gasteiger partial charge is 0.316 e. The number of nitrogens with one attached hydrogen (secondary N) is 1. The van der Waals surface area contributed by atoms with E-state index in [1.165, 1.54) is 17.5 Å². The van der Waals surface area contributed by atoms with Gasteiger partial charge in [-0.25, -0.2) is 0 Å². The van der Waals surface area contributed by atoms with E-state index in [1.807, 2.05) is 34.7 Å². The Balaban J connectivity index is -0.000000197. The average molecular weight is 426 g/mol. The van der Waals surface area contributed by atoms with Crippen molar-refractivity contribution in [2.75, 3.05) is 47.3 Å². The van der Waals surface area contributed by atoms with Crippen molar-refractivity contribution in [1.29, 1.82) is 0 Å². The second-order valence-electron chi connectivity index (χ2n) is 7.83. The zero-order chi connectivity index (χ0) is 23.9. The van der Waals surface area contributed by atoms with Crippen LogP contribution >= 0.6 is 0 Å². The normalized spacial score (nSPS) is 9.93. The van der Waals surface area contributed by atoms with Gasteiger partial charge in [-0.05, 0) is 40.2 Å². The zero-order valence-electron chi connectivity index (χ0n) is 22.1. The Labute approximate surface area is 190 Å². The van der Waals surface area contributed by atoms with Crippen molar-refractivity contribution in [2.24, 2.45) is 5.92 Å². The minimum Gasteiger partial charge on any atom is -0.316 e. The molecule has 30 heavy (non-hydrogen) atoms. The van der Waals surface area contributed by atoms with Crippen LogP contribution in [0.3, 0.4) is 0 Å². The average Bonchev–Trinajstić information content (AvgIpc) is 2.72. The number of nitrogens with zero attached hydrogens (tertiary/aromatic N) is 2. The van der Waals surface area contributed by atoms with Crippen LogP contribution in [0, 0.1) is 12.8 Å². The summed E-state index contributed by atoms with van der Waals surface area (Å²) in [6.07, 6.45) is 1.94. The Morgan fingerprint density at radius 3 is 1.87 bits per heavy atom. The van der Waals surface area contributed by atoms with Crippen molar-refractivity contribution in [3.05, 3.63) is 35.4 Å². The van der Waals surface area contributed by atoms with Gasteiger partial charge in [-0.1, -0.05) is 84.7 Å². The molecule has 0 aliphatic heterocycles. The SMILES string of the molecule is CC.CCC.CCN(CCC(=O)C(C)C)CCN(C)C.CNCc1ccc(C)cc1.[HH]. The lowest BCUT2D eigenvalue weighted by Gasteiger charge is -2.22. The summed E-state index contributed by atoms with van der Waals surface area (Å²) in [6, 6.07) is 8.55. The highest BCUT2D eigenvalue weighted by Gasteiger charge is 2.09. The van der Waals surface area contributed by atoms with E-state index in [0.717, 1.165) is 32.7 Å². The lowest BCUT2D eigenvalue weighted by Crippen LogP contribution is -2.33. The fourth-order valence-electron chi connectivity index (χ4n) is 2.24. The number of aryl methyl sites for hydroxylation is 1. The van der Waals surface area contributed by atoms with Crippen LogP contribution < -0.4 is 5.32 Å². The van der Waals surface area contributed by atoms with Crippen molar-refractivity contribution in [3.63, 3.8) is 0 Å². The van der Waals surface area contributed by atoms with Crippen LogP contribution in [0.25, 0.3) is 0 Å². The molecule has 4 nitrogen and oxygen atoms in total. The molecule has 0 aromatic heterocycles. The second kappa shape index (κ2) is 24.0. The van der Waals surface area contributed by atoms with E-state index in [-0.39, 0.29) is 7.34 Å². The van der Waals surface area contributed by atoms with Crippen molar-refractivity contribution < 1.29 is 6.22 Å². The summed E-state index contributed by atoms with van der Waals surface area (Å²) in [4.78, 5) is 16.0. The molecule has 0 radical (unpaired) electrons. The third kappa shape index (κ3) is 23.1. The van der Waals surface area contributed by atoms with Crippen LogP contribution in [0.15, 0.2) is 24.3 Å². The number of ketones is 1. The van der Waals surface area contributed by atoms with E-state index in [0.29, 0.717) is 12.2 Å². The van der Waals surface area contributed by atoms with Gasteiger partial charge in [-0.3, -0.25) is 4.79 Å². The molecule has 1 rings (SSSR count). The first kappa shape index (κ1) is 33.4. The van der Waals surface area contributed by atoms with Gasteiger partial charge in [-0.15, -0.1) is 0 Å². The molecule has 0 aliphatic rings. The molecule has 1 aromatic carbocycles. The van der Waals surface area contributed by atoms with Crippen LogP contribution in [0.4, 0.5) is 0 Å². The van der Waals surface area contributed by atoms with E-state index in [4.69, 9.17) is 0 Å². The Kier molecular flexibility index (Phi) is 26.8. The smallest absolute Gasteiger partial charge is 0.136 e. The summed E-state index contributed by atoms with van der Waals surface area (Å²) in [5, 5.41) is 3.10. The van der Waals surface area contributed by atoms with Gasteiger partial charge in [0.25, 0.3) is 0 Å². The lowest BCUT2D eigenvalue weighted by molar-refractivity contribution is -0.122. The van der Waals surface area contributed by atoms with Crippen molar-refractivity contribution >= 4 is 5.78 Å². The van der Waals surface area contributed by atoms with E-state index >= 15 is 0 Å². The molecule has 0 saturated carbocycles. The highest BCUT2D eigenvalue weighted by molar-refractivity contribution is 5.80. The second-order valence-corrected chi connectivity index (χ2v) is 7.83. The lowest BCUT2D eigenvalue weighted by atomic mass is 10.1. The molecular weight excluding hydrogens is 370 g/mol. The summed E-state index contributed by atoms with van der Waals surface area (Å²) in [7, 11) is 6.11. The Bertz CT molecular complexity index is 476. The van der Waals surface area contributed by atoms with Gasteiger partial charge >= 0.3 is 0 Å². The first-order valence-corrected chi connectivity index (χ1v) is 11.8. The quantitative estimate of drug-likeness (QED) is 0.507. The third-order valence-electron chi connectivity index (χ3n) is 4.13. The molecule has 0 heterocycles. The monoisotopic (exact) mass is 425 g/mol. The van der Waals surface area contributed by atoms with Crippen molar-refractivity contribution in [3.8, 4) is 0 Å². The number of carbonyl (C=O) groups is 1. The number of benzene rings is 1.